The van der Waals surface area contributed by atoms with E-state index in [4.69, 9.17) is 5.26 Å². The molecule has 2 aromatic heterocycles. The third-order valence-electron chi connectivity index (χ3n) is 4.84. The van der Waals surface area contributed by atoms with Gasteiger partial charge in [-0.05, 0) is 29.8 Å². The van der Waals surface area contributed by atoms with Gasteiger partial charge in [0.1, 0.15) is 18.0 Å². The molecule has 9 heteroatoms. The highest BCUT2D eigenvalue weighted by molar-refractivity contribution is 5.99. The van der Waals surface area contributed by atoms with Crippen molar-refractivity contribution in [3.63, 3.8) is 0 Å². The normalized spacial score (nSPS) is 16.6. The number of aliphatic hydroxyl groups excluding tert-OH is 2. The third kappa shape index (κ3) is 3.24. The fraction of sp³-hybridized carbons (Fsp3) is 0.200. The molecule has 0 spiro atoms. The minimum absolute atomic E-state index is 0.0101. The van der Waals surface area contributed by atoms with Crippen LogP contribution in [0, 0.1) is 17.1 Å². The predicted octanol–water partition coefficient (Wildman–Crippen LogP) is 1.55. The molecule has 2 atom stereocenters. The lowest BCUT2D eigenvalue weighted by Crippen LogP contribution is -2.27. The summed E-state index contributed by atoms with van der Waals surface area (Å²) in [5.74, 6) is -1.35. The number of pyridine rings is 1. The number of benzene rings is 1. The Bertz CT molecular complexity index is 1140. The predicted molar refractivity (Wildman–Crippen MR) is 97.5 cm³/mol. The van der Waals surface area contributed by atoms with Crippen LogP contribution in [-0.4, -0.2) is 35.8 Å². The van der Waals surface area contributed by atoms with Crippen molar-refractivity contribution in [1.82, 2.24) is 19.7 Å². The van der Waals surface area contributed by atoms with E-state index >= 15 is 0 Å². The first-order valence-corrected chi connectivity index (χ1v) is 8.73. The second-order valence-electron chi connectivity index (χ2n) is 6.77. The van der Waals surface area contributed by atoms with Crippen molar-refractivity contribution in [1.29, 1.82) is 5.26 Å². The molecule has 3 heterocycles. The zero-order valence-electron chi connectivity index (χ0n) is 15.3. The summed E-state index contributed by atoms with van der Waals surface area (Å²) in [6.45, 7) is -0.0552. The highest BCUT2D eigenvalue weighted by Crippen LogP contribution is 2.37. The zero-order chi connectivity index (χ0) is 20.7. The highest BCUT2D eigenvalue weighted by Gasteiger charge is 2.39. The molecule has 29 heavy (non-hydrogen) atoms. The number of amides is 1. The maximum absolute atomic E-state index is 14.7. The molecule has 3 aromatic rings. The minimum Gasteiger partial charge on any atom is -0.384 e. The fourth-order valence-electron chi connectivity index (χ4n) is 3.35. The first-order valence-electron chi connectivity index (χ1n) is 8.73. The van der Waals surface area contributed by atoms with E-state index in [0.717, 1.165) is 11.0 Å². The van der Waals surface area contributed by atoms with Gasteiger partial charge in [-0.1, -0.05) is 0 Å². The van der Waals surface area contributed by atoms with Crippen LogP contribution in [0.3, 0.4) is 0 Å². The summed E-state index contributed by atoms with van der Waals surface area (Å²) in [4.78, 5) is 18.0. The Kier molecular flexibility index (Phi) is 4.58. The molecular weight excluding hydrogens is 377 g/mol. The molecule has 0 saturated carbocycles. The monoisotopic (exact) mass is 393 g/mol. The van der Waals surface area contributed by atoms with E-state index in [0.29, 0.717) is 16.8 Å². The van der Waals surface area contributed by atoms with Crippen LogP contribution < -0.4 is 0 Å². The van der Waals surface area contributed by atoms with Crippen molar-refractivity contribution >= 4 is 5.91 Å². The standard InChI is InChI=1S/C20H16FN5O3/c1-25-9-13(8-24-25)18(27)12-4-15-17(16(21)5-12)20(29)26(19(15)28)10-14-3-2-11(6-22)7-23-14/h2-5,7-9,18,20,27,29H,10H2,1H3. The molecule has 146 valence electrons. The Labute approximate surface area is 165 Å². The molecule has 0 bridgehead atoms. The minimum atomic E-state index is -1.47. The van der Waals surface area contributed by atoms with Gasteiger partial charge in [0.2, 0.25) is 0 Å². The van der Waals surface area contributed by atoms with Gasteiger partial charge in [0.05, 0.1) is 29.6 Å². The molecule has 1 aliphatic heterocycles. The Hall–Kier alpha value is -3.61. The summed E-state index contributed by atoms with van der Waals surface area (Å²) < 4.78 is 16.2. The molecule has 0 aliphatic carbocycles. The molecule has 2 N–H and O–H groups in total. The van der Waals surface area contributed by atoms with Gasteiger partial charge in [0, 0.05) is 30.6 Å². The average molecular weight is 393 g/mol. The maximum Gasteiger partial charge on any atom is 0.257 e. The highest BCUT2D eigenvalue weighted by atomic mass is 19.1. The van der Waals surface area contributed by atoms with E-state index < -0.39 is 24.1 Å². The lowest BCUT2D eigenvalue weighted by atomic mass is 9.98. The lowest BCUT2D eigenvalue weighted by Gasteiger charge is -2.20. The second kappa shape index (κ2) is 7.09. The van der Waals surface area contributed by atoms with E-state index in [1.165, 1.54) is 23.1 Å². The van der Waals surface area contributed by atoms with E-state index in [-0.39, 0.29) is 23.2 Å². The second-order valence-corrected chi connectivity index (χ2v) is 6.77. The van der Waals surface area contributed by atoms with Gasteiger partial charge in [0.15, 0.2) is 6.23 Å². The molecule has 0 saturated heterocycles. The van der Waals surface area contributed by atoms with Crippen LogP contribution in [0.25, 0.3) is 0 Å². The fourth-order valence-corrected chi connectivity index (χ4v) is 3.35. The quantitative estimate of drug-likeness (QED) is 0.695. The number of fused-ring (bicyclic) bond motifs is 1. The summed E-state index contributed by atoms with van der Waals surface area (Å²) in [6.07, 6.45) is 1.77. The van der Waals surface area contributed by atoms with Crippen molar-refractivity contribution < 1.29 is 19.4 Å². The van der Waals surface area contributed by atoms with Gasteiger partial charge in [-0.25, -0.2) is 4.39 Å². The van der Waals surface area contributed by atoms with Gasteiger partial charge in [0.25, 0.3) is 5.91 Å². The van der Waals surface area contributed by atoms with Crippen molar-refractivity contribution in [2.75, 3.05) is 0 Å². The van der Waals surface area contributed by atoms with Crippen LogP contribution in [0.1, 0.15) is 50.6 Å². The summed E-state index contributed by atoms with van der Waals surface area (Å²) in [7, 11) is 1.69. The SMILES string of the molecule is Cn1cc(C(O)c2cc(F)c3c(c2)C(=O)N(Cc2ccc(C#N)cn2)C3O)cn1. The van der Waals surface area contributed by atoms with E-state index in [2.05, 4.69) is 10.1 Å². The van der Waals surface area contributed by atoms with Crippen LogP contribution >= 0.6 is 0 Å². The Morgan fingerprint density at radius 2 is 2.10 bits per heavy atom. The number of rotatable bonds is 4. The number of hydrogen-bond donors (Lipinski definition) is 2. The lowest BCUT2D eigenvalue weighted by molar-refractivity contribution is 0.0118. The van der Waals surface area contributed by atoms with Crippen molar-refractivity contribution in [3.05, 3.63) is 82.2 Å². The molecular formula is C20H16FN5O3. The first kappa shape index (κ1) is 18.7. The van der Waals surface area contributed by atoms with Crippen molar-refractivity contribution in [2.45, 2.75) is 18.9 Å². The number of aliphatic hydroxyl groups is 2. The molecule has 1 amide bonds. The largest absolute Gasteiger partial charge is 0.384 e. The van der Waals surface area contributed by atoms with Crippen LogP contribution in [0.4, 0.5) is 4.39 Å². The van der Waals surface area contributed by atoms with E-state index in [9.17, 15) is 19.4 Å². The molecule has 8 nitrogen and oxygen atoms in total. The summed E-state index contributed by atoms with van der Waals surface area (Å²) in [6, 6.07) is 7.55. The zero-order valence-corrected chi connectivity index (χ0v) is 15.3. The van der Waals surface area contributed by atoms with Gasteiger partial charge in [-0.3, -0.25) is 14.5 Å². The Morgan fingerprint density at radius 1 is 1.31 bits per heavy atom. The molecule has 2 unspecified atom stereocenters. The van der Waals surface area contributed by atoms with Crippen LogP contribution in [0.15, 0.2) is 42.9 Å². The Morgan fingerprint density at radius 3 is 2.72 bits per heavy atom. The third-order valence-corrected chi connectivity index (χ3v) is 4.84. The number of nitrogens with zero attached hydrogens (tertiary/aromatic N) is 5. The molecule has 0 radical (unpaired) electrons. The van der Waals surface area contributed by atoms with Crippen LogP contribution in [0.5, 0.6) is 0 Å². The van der Waals surface area contributed by atoms with Crippen molar-refractivity contribution in [2.24, 2.45) is 7.05 Å². The van der Waals surface area contributed by atoms with Gasteiger partial charge >= 0.3 is 0 Å². The summed E-state index contributed by atoms with van der Waals surface area (Å²) in [5.41, 5.74) is 1.31. The topological polar surface area (TPSA) is 115 Å². The van der Waals surface area contributed by atoms with Crippen molar-refractivity contribution in [3.8, 4) is 6.07 Å². The van der Waals surface area contributed by atoms with Gasteiger partial charge in [-0.2, -0.15) is 10.4 Å². The van der Waals surface area contributed by atoms with E-state index in [1.54, 1.807) is 25.4 Å². The smallest absolute Gasteiger partial charge is 0.257 e. The maximum atomic E-state index is 14.7. The summed E-state index contributed by atoms with van der Waals surface area (Å²) in [5, 5.41) is 33.8. The molecule has 4 rings (SSSR count). The number of carbonyl (C=O) groups excluding carboxylic acids is 1. The van der Waals surface area contributed by atoms with Gasteiger partial charge < -0.3 is 15.1 Å². The number of aromatic nitrogens is 3. The number of halogens is 1. The molecule has 1 aliphatic rings. The van der Waals surface area contributed by atoms with Crippen LogP contribution in [-0.2, 0) is 13.6 Å². The number of nitriles is 1. The van der Waals surface area contributed by atoms with Crippen LogP contribution in [0.2, 0.25) is 0 Å². The average Bonchev–Trinajstić information content (AvgIpc) is 3.25. The van der Waals surface area contributed by atoms with E-state index in [1.807, 2.05) is 6.07 Å². The number of hydrogen-bond acceptors (Lipinski definition) is 6. The van der Waals surface area contributed by atoms with Gasteiger partial charge in [-0.15, -0.1) is 0 Å². The molecule has 0 fully saturated rings. The summed E-state index contributed by atoms with van der Waals surface area (Å²) >= 11 is 0. The Balaban J connectivity index is 1.65. The molecule has 1 aromatic carbocycles. The first-order chi connectivity index (χ1) is 13.9. The number of aryl methyl sites for hydroxylation is 1. The number of carbonyl (C=O) groups is 1.